The molecule has 2 saturated heterocycles. The average molecular weight is 354 g/mol. The molecule has 2 unspecified atom stereocenters. The maximum Gasteiger partial charge on any atom is 0.345 e. The second-order valence-electron chi connectivity index (χ2n) is 7.35. The first-order chi connectivity index (χ1) is 12.6. The molecule has 7 nitrogen and oxygen atoms in total. The van der Waals surface area contributed by atoms with Gasteiger partial charge in [0.2, 0.25) is 5.88 Å². The van der Waals surface area contributed by atoms with Crippen molar-refractivity contribution in [1.29, 1.82) is 0 Å². The van der Waals surface area contributed by atoms with E-state index in [1.54, 1.807) is 17.8 Å². The molecule has 2 aliphatic carbocycles. The molecule has 2 atom stereocenters. The molecule has 0 aromatic carbocycles. The Morgan fingerprint density at radius 2 is 2.15 bits per heavy atom. The molecule has 2 aromatic rings. The van der Waals surface area contributed by atoms with Crippen molar-refractivity contribution in [1.82, 2.24) is 14.8 Å². The summed E-state index contributed by atoms with van der Waals surface area (Å²) in [5, 5.41) is 4.35. The number of anilines is 1. The Morgan fingerprint density at radius 1 is 1.35 bits per heavy atom. The van der Waals surface area contributed by atoms with Crippen LogP contribution in [-0.2, 0) is 11.3 Å². The number of rotatable bonds is 6. The number of aryl methyl sites for hydroxylation is 1. The molecule has 0 N–H and O–H groups in total. The van der Waals surface area contributed by atoms with Gasteiger partial charge < -0.3 is 14.4 Å². The van der Waals surface area contributed by atoms with Crippen molar-refractivity contribution in [2.45, 2.75) is 26.4 Å². The van der Waals surface area contributed by atoms with Gasteiger partial charge in [0.1, 0.15) is 11.4 Å². The Labute approximate surface area is 151 Å². The first-order valence-corrected chi connectivity index (χ1v) is 9.14. The fourth-order valence-electron chi connectivity index (χ4n) is 4.45. The van der Waals surface area contributed by atoms with Gasteiger partial charge in [0.25, 0.3) is 0 Å². The molecule has 136 valence electrons. The zero-order chi connectivity index (χ0) is 18.0. The van der Waals surface area contributed by atoms with Gasteiger partial charge in [-0.05, 0) is 43.2 Å². The molecule has 4 heterocycles. The Balaban J connectivity index is 1.35. The molecular formula is C19H22N4O3. The lowest BCUT2D eigenvalue weighted by Crippen LogP contribution is -2.21. The van der Waals surface area contributed by atoms with E-state index in [4.69, 9.17) is 14.5 Å². The Bertz CT molecular complexity index is 876. The topological polar surface area (TPSA) is 69.5 Å². The Hall–Kier alpha value is -2.57. The van der Waals surface area contributed by atoms with Crippen LogP contribution in [0.25, 0.3) is 0 Å². The molecule has 6 rings (SSSR count). The number of methoxy groups -OCH3 is 1. The molecule has 0 amide bonds. The fourth-order valence-corrected chi connectivity index (χ4v) is 4.45. The van der Waals surface area contributed by atoms with Crippen LogP contribution in [0.3, 0.4) is 0 Å². The molecule has 2 saturated carbocycles. The first kappa shape index (κ1) is 15.7. The maximum atomic E-state index is 12.0. The van der Waals surface area contributed by atoms with E-state index in [1.165, 1.54) is 13.7 Å². The lowest BCUT2D eigenvalue weighted by molar-refractivity contribution is 0.0522. The molecule has 4 fully saturated rings. The number of fused-ring (bicyclic) bond motifs is 1. The molecule has 2 aliphatic heterocycles. The zero-order valence-electron chi connectivity index (χ0n) is 15.2. The highest BCUT2D eigenvalue weighted by Crippen LogP contribution is 2.75. The van der Waals surface area contributed by atoms with Crippen LogP contribution >= 0.6 is 0 Å². The van der Waals surface area contributed by atoms with Crippen molar-refractivity contribution in [3.05, 3.63) is 35.2 Å². The van der Waals surface area contributed by atoms with E-state index < -0.39 is 5.97 Å². The predicted molar refractivity (Wildman–Crippen MR) is 94.4 cm³/mol. The van der Waals surface area contributed by atoms with E-state index in [0.717, 1.165) is 40.9 Å². The minimum Gasteiger partial charge on any atom is -0.479 e. The molecule has 2 bridgehead atoms. The van der Waals surface area contributed by atoms with Gasteiger partial charge in [-0.25, -0.2) is 9.78 Å². The number of carbonyl (C=O) groups is 1. The van der Waals surface area contributed by atoms with Crippen molar-refractivity contribution in [3.8, 4) is 5.88 Å². The average Bonchev–Trinajstić information content (AvgIpc) is 3.32. The molecule has 7 heteroatoms. The predicted octanol–water partition coefficient (Wildman–Crippen LogP) is 1.88. The van der Waals surface area contributed by atoms with Gasteiger partial charge in [0.15, 0.2) is 0 Å². The maximum absolute atomic E-state index is 12.0. The summed E-state index contributed by atoms with van der Waals surface area (Å²) in [6, 6.07) is 4.98. The van der Waals surface area contributed by atoms with E-state index >= 15 is 0 Å². The second-order valence-corrected chi connectivity index (χ2v) is 7.35. The second kappa shape index (κ2) is 5.46. The highest BCUT2D eigenvalue weighted by Gasteiger charge is 2.80. The smallest absolute Gasteiger partial charge is 0.345 e. The van der Waals surface area contributed by atoms with Gasteiger partial charge in [-0.2, -0.15) is 0 Å². The Kier molecular flexibility index (Phi) is 3.29. The summed E-state index contributed by atoms with van der Waals surface area (Å²) < 4.78 is 12.0. The zero-order valence-corrected chi connectivity index (χ0v) is 15.2. The largest absolute Gasteiger partial charge is 0.479 e. The summed E-state index contributed by atoms with van der Waals surface area (Å²) in [5.74, 6) is 3.83. The monoisotopic (exact) mass is 354 g/mol. The number of ether oxygens (including phenoxy) is 2. The van der Waals surface area contributed by atoms with Crippen molar-refractivity contribution < 1.29 is 14.3 Å². The van der Waals surface area contributed by atoms with E-state index in [1.807, 2.05) is 6.92 Å². The highest BCUT2D eigenvalue weighted by molar-refractivity contribution is 5.91. The number of hydrogen-bond acceptors (Lipinski definition) is 6. The number of hydrogen-bond donors (Lipinski definition) is 0. The van der Waals surface area contributed by atoms with Crippen LogP contribution in [0.5, 0.6) is 5.88 Å². The van der Waals surface area contributed by atoms with Gasteiger partial charge in [-0.3, -0.25) is 4.68 Å². The van der Waals surface area contributed by atoms with E-state index in [-0.39, 0.29) is 5.88 Å². The van der Waals surface area contributed by atoms with Gasteiger partial charge in [0, 0.05) is 24.5 Å². The van der Waals surface area contributed by atoms with Crippen molar-refractivity contribution in [3.63, 3.8) is 0 Å². The van der Waals surface area contributed by atoms with Crippen LogP contribution in [0.15, 0.2) is 18.3 Å². The summed E-state index contributed by atoms with van der Waals surface area (Å²) >= 11 is 0. The van der Waals surface area contributed by atoms with Crippen LogP contribution in [0, 0.1) is 24.7 Å². The molecule has 26 heavy (non-hydrogen) atoms. The van der Waals surface area contributed by atoms with Crippen molar-refractivity contribution in [2.75, 3.05) is 25.2 Å². The van der Waals surface area contributed by atoms with Crippen LogP contribution < -0.4 is 9.64 Å². The van der Waals surface area contributed by atoms with Crippen molar-refractivity contribution in [2.24, 2.45) is 17.8 Å². The first-order valence-electron chi connectivity index (χ1n) is 9.14. The summed E-state index contributed by atoms with van der Waals surface area (Å²) in [4.78, 5) is 19.3. The third-order valence-electron chi connectivity index (χ3n) is 5.93. The summed E-state index contributed by atoms with van der Waals surface area (Å²) in [7, 11) is 1.50. The highest BCUT2D eigenvalue weighted by atomic mass is 16.5. The quantitative estimate of drug-likeness (QED) is 0.738. The van der Waals surface area contributed by atoms with E-state index in [0.29, 0.717) is 18.7 Å². The molecule has 4 aliphatic rings. The SMILES string of the molecule is CCOC(=O)c1cn(Cc2ccc(N3CC4C5C4C53)nc2C)nc1OC. The number of pyridine rings is 1. The van der Waals surface area contributed by atoms with Gasteiger partial charge in [0.05, 0.1) is 20.3 Å². The summed E-state index contributed by atoms with van der Waals surface area (Å²) in [6.07, 6.45) is 1.67. The van der Waals surface area contributed by atoms with E-state index in [2.05, 4.69) is 22.1 Å². The van der Waals surface area contributed by atoms with Crippen LogP contribution in [0.2, 0.25) is 0 Å². The number of piperidine rings is 1. The fraction of sp³-hybridized carbons (Fsp3) is 0.526. The Morgan fingerprint density at radius 3 is 2.77 bits per heavy atom. The number of esters is 1. The molecule has 0 radical (unpaired) electrons. The summed E-state index contributed by atoms with van der Waals surface area (Å²) in [6.45, 7) is 5.82. The van der Waals surface area contributed by atoms with E-state index in [9.17, 15) is 4.79 Å². The minimum atomic E-state index is -0.420. The van der Waals surface area contributed by atoms with Gasteiger partial charge in [-0.15, -0.1) is 5.10 Å². The lowest BCUT2D eigenvalue weighted by atomic mass is 10.2. The molecule has 0 spiro atoms. The minimum absolute atomic E-state index is 0.283. The molecular weight excluding hydrogens is 332 g/mol. The van der Waals surface area contributed by atoms with Gasteiger partial charge >= 0.3 is 5.97 Å². The molecule has 2 aromatic heterocycles. The number of aromatic nitrogens is 3. The van der Waals surface area contributed by atoms with Crippen LogP contribution in [0.4, 0.5) is 5.82 Å². The van der Waals surface area contributed by atoms with Crippen LogP contribution in [-0.4, -0.2) is 47.0 Å². The third kappa shape index (κ3) is 2.22. The number of nitrogens with zero attached hydrogens (tertiary/aromatic N) is 4. The standard InChI is InChI=1S/C19H22N4O3/c1-4-26-19(24)13-8-22(21-18(13)25-3)7-11-5-6-14(20-10(11)2)23-9-12-15-16(12)17(15)23/h5-6,8,12,15-17H,4,7,9H2,1-3H3. The lowest BCUT2D eigenvalue weighted by Gasteiger charge is -2.18. The number of carbonyl (C=O) groups excluding carboxylic acids is 1. The summed E-state index contributed by atoms with van der Waals surface area (Å²) in [5.41, 5.74) is 2.42. The van der Waals surface area contributed by atoms with Crippen molar-refractivity contribution >= 4 is 11.8 Å². The normalized spacial score (nSPS) is 27.3. The van der Waals surface area contributed by atoms with Crippen LogP contribution in [0.1, 0.15) is 28.5 Å². The third-order valence-corrected chi connectivity index (χ3v) is 5.93. The van der Waals surface area contributed by atoms with Gasteiger partial charge in [-0.1, -0.05) is 6.07 Å².